The SMILES string of the molecule is Cc1cc(C)c(S(=O)(=O)N(CC(=O)Nc2ccc3sncc3c2)C2CCCCC2)c(C)c1. The van der Waals surface area contributed by atoms with Gasteiger partial charge >= 0.3 is 0 Å². The Morgan fingerprint density at radius 3 is 2.47 bits per heavy atom. The van der Waals surface area contributed by atoms with Crippen molar-refractivity contribution in [3.8, 4) is 0 Å². The lowest BCUT2D eigenvalue weighted by atomic mass is 9.95. The molecule has 1 fully saturated rings. The Morgan fingerprint density at radius 2 is 1.78 bits per heavy atom. The van der Waals surface area contributed by atoms with E-state index in [1.54, 1.807) is 6.20 Å². The van der Waals surface area contributed by atoms with Crippen LogP contribution in [0.3, 0.4) is 0 Å². The van der Waals surface area contributed by atoms with Gasteiger partial charge < -0.3 is 5.32 Å². The summed E-state index contributed by atoms with van der Waals surface area (Å²) in [7, 11) is -3.83. The van der Waals surface area contributed by atoms with E-state index in [2.05, 4.69) is 9.69 Å². The van der Waals surface area contributed by atoms with Gasteiger partial charge in [-0.25, -0.2) is 8.42 Å². The fourth-order valence-corrected chi connectivity index (χ4v) is 7.44. The molecule has 2 aromatic carbocycles. The maximum absolute atomic E-state index is 13.9. The minimum Gasteiger partial charge on any atom is -0.325 e. The Hall–Kier alpha value is -2.29. The van der Waals surface area contributed by atoms with Crippen LogP contribution in [0.5, 0.6) is 0 Å². The molecule has 0 aliphatic heterocycles. The van der Waals surface area contributed by atoms with Crippen molar-refractivity contribution in [2.45, 2.75) is 63.8 Å². The molecular formula is C24H29N3O3S2. The molecule has 0 radical (unpaired) electrons. The number of anilines is 1. The maximum atomic E-state index is 13.9. The Bertz CT molecular complexity index is 1220. The molecule has 1 aliphatic carbocycles. The number of benzene rings is 2. The molecule has 0 unspecified atom stereocenters. The highest BCUT2D eigenvalue weighted by Crippen LogP contribution is 2.31. The van der Waals surface area contributed by atoms with E-state index in [-0.39, 0.29) is 18.5 Å². The van der Waals surface area contributed by atoms with Crippen LogP contribution in [-0.2, 0) is 14.8 Å². The van der Waals surface area contributed by atoms with E-state index in [1.807, 2.05) is 51.1 Å². The Kier molecular flexibility index (Phi) is 6.65. The molecule has 0 atom stereocenters. The molecule has 0 spiro atoms. The molecule has 6 nitrogen and oxygen atoms in total. The third kappa shape index (κ3) is 4.72. The standard InChI is InChI=1S/C24H29N3O3S2/c1-16-11-17(2)24(18(3)12-16)32(29,30)27(21-7-5-4-6-8-21)15-23(28)26-20-9-10-22-19(13-20)14-25-31-22/h9-14,21H,4-8,15H2,1-3H3,(H,26,28). The fourth-order valence-electron chi connectivity index (χ4n) is 4.76. The van der Waals surface area contributed by atoms with E-state index >= 15 is 0 Å². The van der Waals surface area contributed by atoms with Crippen LogP contribution in [-0.4, -0.2) is 35.6 Å². The van der Waals surface area contributed by atoms with Gasteiger partial charge in [0, 0.05) is 23.3 Å². The molecule has 32 heavy (non-hydrogen) atoms. The normalized spacial score (nSPS) is 15.4. The number of aryl methyl sites for hydroxylation is 3. The molecule has 0 saturated heterocycles. The molecule has 1 aromatic heterocycles. The first kappa shape index (κ1) is 22.9. The third-order valence-electron chi connectivity index (χ3n) is 6.09. The summed E-state index contributed by atoms with van der Waals surface area (Å²) in [4.78, 5) is 13.3. The van der Waals surface area contributed by atoms with E-state index in [9.17, 15) is 13.2 Å². The predicted octanol–water partition coefficient (Wildman–Crippen LogP) is 5.18. The van der Waals surface area contributed by atoms with E-state index < -0.39 is 10.0 Å². The molecule has 1 aliphatic rings. The van der Waals surface area contributed by atoms with Crippen LogP contribution in [0.4, 0.5) is 5.69 Å². The zero-order chi connectivity index (χ0) is 22.9. The molecule has 1 amide bonds. The zero-order valence-corrected chi connectivity index (χ0v) is 20.4. The van der Waals surface area contributed by atoms with Crippen molar-refractivity contribution >= 4 is 43.2 Å². The zero-order valence-electron chi connectivity index (χ0n) is 18.7. The first-order chi connectivity index (χ1) is 15.3. The number of fused-ring (bicyclic) bond motifs is 1. The fraction of sp³-hybridized carbons (Fsp3) is 0.417. The Balaban J connectivity index is 1.63. The van der Waals surface area contributed by atoms with Gasteiger partial charge in [0.25, 0.3) is 0 Å². The van der Waals surface area contributed by atoms with Crippen LogP contribution in [0.1, 0.15) is 48.8 Å². The molecule has 4 rings (SSSR count). The lowest BCUT2D eigenvalue weighted by molar-refractivity contribution is -0.116. The number of nitrogens with one attached hydrogen (secondary N) is 1. The topological polar surface area (TPSA) is 79.4 Å². The predicted molar refractivity (Wildman–Crippen MR) is 130 cm³/mol. The monoisotopic (exact) mass is 471 g/mol. The second-order valence-corrected chi connectivity index (χ2v) is 11.4. The molecule has 8 heteroatoms. The second kappa shape index (κ2) is 9.29. The lowest BCUT2D eigenvalue weighted by Gasteiger charge is -2.33. The van der Waals surface area contributed by atoms with Crippen LogP contribution >= 0.6 is 11.5 Å². The number of hydrogen-bond donors (Lipinski definition) is 1. The minimum atomic E-state index is -3.83. The largest absolute Gasteiger partial charge is 0.325 e. The number of rotatable bonds is 6. The highest BCUT2D eigenvalue weighted by molar-refractivity contribution is 7.89. The van der Waals surface area contributed by atoms with Crippen molar-refractivity contribution in [3.63, 3.8) is 0 Å². The van der Waals surface area contributed by atoms with Crippen molar-refractivity contribution in [2.24, 2.45) is 0 Å². The van der Waals surface area contributed by atoms with Crippen molar-refractivity contribution in [1.82, 2.24) is 8.68 Å². The van der Waals surface area contributed by atoms with Gasteiger partial charge in [-0.3, -0.25) is 4.79 Å². The van der Waals surface area contributed by atoms with Gasteiger partial charge in [-0.1, -0.05) is 37.0 Å². The molecule has 1 heterocycles. The van der Waals surface area contributed by atoms with Crippen molar-refractivity contribution in [3.05, 3.63) is 53.2 Å². The second-order valence-electron chi connectivity index (χ2n) is 8.70. The van der Waals surface area contributed by atoms with E-state index in [0.717, 1.165) is 58.9 Å². The quantitative estimate of drug-likeness (QED) is 0.537. The highest BCUT2D eigenvalue weighted by atomic mass is 32.2. The first-order valence-electron chi connectivity index (χ1n) is 11.0. The summed E-state index contributed by atoms with van der Waals surface area (Å²) in [6.07, 6.45) is 6.38. The van der Waals surface area contributed by atoms with Crippen LogP contribution in [0, 0.1) is 20.8 Å². The number of carbonyl (C=O) groups excluding carboxylic acids is 1. The van der Waals surface area contributed by atoms with Gasteiger partial charge in [-0.05, 0) is 74.5 Å². The lowest BCUT2D eigenvalue weighted by Crippen LogP contribution is -2.46. The average molecular weight is 472 g/mol. The maximum Gasteiger partial charge on any atom is 0.244 e. The molecule has 3 aromatic rings. The van der Waals surface area contributed by atoms with Crippen molar-refractivity contribution < 1.29 is 13.2 Å². The van der Waals surface area contributed by atoms with Crippen LogP contribution in [0.2, 0.25) is 0 Å². The van der Waals surface area contributed by atoms with Crippen LogP contribution in [0.25, 0.3) is 10.1 Å². The van der Waals surface area contributed by atoms with E-state index in [4.69, 9.17) is 0 Å². The number of nitrogens with zero attached hydrogens (tertiary/aromatic N) is 2. The van der Waals surface area contributed by atoms with Gasteiger partial charge in [-0.2, -0.15) is 8.68 Å². The average Bonchev–Trinajstić information content (AvgIpc) is 3.19. The van der Waals surface area contributed by atoms with E-state index in [1.165, 1.54) is 15.8 Å². The van der Waals surface area contributed by atoms with E-state index in [0.29, 0.717) is 10.6 Å². The number of sulfonamides is 1. The number of aromatic nitrogens is 1. The van der Waals surface area contributed by atoms with Gasteiger partial charge in [0.2, 0.25) is 15.9 Å². The molecule has 1 saturated carbocycles. The molecule has 0 bridgehead atoms. The Morgan fingerprint density at radius 1 is 1.09 bits per heavy atom. The first-order valence-corrected chi connectivity index (χ1v) is 13.2. The molecule has 1 N–H and O–H groups in total. The Labute approximate surface area is 193 Å². The summed E-state index contributed by atoms with van der Waals surface area (Å²) in [6, 6.07) is 9.23. The highest BCUT2D eigenvalue weighted by Gasteiger charge is 2.35. The van der Waals surface area contributed by atoms with Crippen LogP contribution < -0.4 is 5.32 Å². The number of hydrogen-bond acceptors (Lipinski definition) is 5. The summed E-state index contributed by atoms with van der Waals surface area (Å²) in [5.41, 5.74) is 3.11. The van der Waals surface area contributed by atoms with Crippen molar-refractivity contribution in [2.75, 3.05) is 11.9 Å². The summed E-state index contributed by atoms with van der Waals surface area (Å²) in [5.74, 6) is -0.330. The van der Waals surface area contributed by atoms with Gasteiger partial charge in [0.05, 0.1) is 16.1 Å². The summed E-state index contributed by atoms with van der Waals surface area (Å²) >= 11 is 1.40. The summed E-state index contributed by atoms with van der Waals surface area (Å²) in [5, 5.41) is 3.84. The number of amides is 1. The minimum absolute atomic E-state index is 0.164. The summed E-state index contributed by atoms with van der Waals surface area (Å²) in [6.45, 7) is 5.43. The van der Waals surface area contributed by atoms with Gasteiger partial charge in [-0.15, -0.1) is 0 Å². The number of carbonyl (C=O) groups is 1. The van der Waals surface area contributed by atoms with Crippen molar-refractivity contribution in [1.29, 1.82) is 0 Å². The molecular weight excluding hydrogens is 442 g/mol. The van der Waals surface area contributed by atoms with Crippen LogP contribution in [0.15, 0.2) is 41.4 Å². The molecule has 170 valence electrons. The van der Waals surface area contributed by atoms with Gasteiger partial charge in [0.1, 0.15) is 0 Å². The summed E-state index contributed by atoms with van der Waals surface area (Å²) < 4.78 is 34.3. The third-order valence-corrected chi connectivity index (χ3v) is 9.07. The van der Waals surface area contributed by atoms with Gasteiger partial charge in [0.15, 0.2) is 0 Å². The smallest absolute Gasteiger partial charge is 0.244 e.